The van der Waals surface area contributed by atoms with E-state index in [1.165, 1.54) is 11.1 Å². The first-order chi connectivity index (χ1) is 8.81. The highest BCUT2D eigenvalue weighted by Crippen LogP contribution is 2.16. The second-order valence-electron chi connectivity index (χ2n) is 5.06. The summed E-state index contributed by atoms with van der Waals surface area (Å²) in [5.74, 6) is 0. The number of benzene rings is 1. The molecule has 0 radical (unpaired) electrons. The van der Waals surface area contributed by atoms with Crippen LogP contribution in [0.5, 0.6) is 0 Å². The Kier molecular flexibility index (Phi) is 5.17. The standard InChI is InChI=1S/C15H24N2O/c1-16-11-13-4-3-5-14(10-13)12-17-8-6-15(18-2)7-9-17/h3-5,10,15-16H,6-9,11-12H2,1-2H3. The van der Waals surface area contributed by atoms with Crippen molar-refractivity contribution in [1.29, 1.82) is 0 Å². The zero-order valence-corrected chi connectivity index (χ0v) is 11.5. The Morgan fingerprint density at radius 1 is 1.28 bits per heavy atom. The molecule has 3 heteroatoms. The predicted molar refractivity (Wildman–Crippen MR) is 74.5 cm³/mol. The summed E-state index contributed by atoms with van der Waals surface area (Å²) in [7, 11) is 3.81. The molecule has 1 heterocycles. The topological polar surface area (TPSA) is 24.5 Å². The van der Waals surface area contributed by atoms with Gasteiger partial charge in [-0.25, -0.2) is 0 Å². The lowest BCUT2D eigenvalue weighted by Gasteiger charge is -2.31. The van der Waals surface area contributed by atoms with E-state index in [-0.39, 0.29) is 0 Å². The molecule has 0 saturated carbocycles. The van der Waals surface area contributed by atoms with Gasteiger partial charge in [-0.15, -0.1) is 0 Å². The van der Waals surface area contributed by atoms with Gasteiger partial charge in [-0.2, -0.15) is 0 Å². The van der Waals surface area contributed by atoms with E-state index in [0.717, 1.165) is 39.0 Å². The van der Waals surface area contributed by atoms with Crippen molar-refractivity contribution in [2.45, 2.75) is 32.0 Å². The van der Waals surface area contributed by atoms with Crippen molar-refractivity contribution in [1.82, 2.24) is 10.2 Å². The maximum Gasteiger partial charge on any atom is 0.0595 e. The molecule has 3 nitrogen and oxygen atoms in total. The average Bonchev–Trinajstić information content (AvgIpc) is 2.40. The number of likely N-dealkylation sites (tertiary alicyclic amines) is 1. The molecule has 0 aliphatic carbocycles. The molecule has 1 aromatic carbocycles. The highest BCUT2D eigenvalue weighted by Gasteiger charge is 2.18. The predicted octanol–water partition coefficient (Wildman–Crippen LogP) is 2.02. The highest BCUT2D eigenvalue weighted by atomic mass is 16.5. The quantitative estimate of drug-likeness (QED) is 0.863. The third-order valence-corrected chi connectivity index (χ3v) is 3.65. The lowest BCUT2D eigenvalue weighted by Crippen LogP contribution is -2.36. The van der Waals surface area contributed by atoms with Crippen LogP contribution in [0.15, 0.2) is 24.3 Å². The van der Waals surface area contributed by atoms with Gasteiger partial charge in [0.2, 0.25) is 0 Å². The van der Waals surface area contributed by atoms with Crippen LogP contribution in [0.4, 0.5) is 0 Å². The van der Waals surface area contributed by atoms with Crippen LogP contribution in [0.1, 0.15) is 24.0 Å². The molecule has 1 aliphatic rings. The van der Waals surface area contributed by atoms with Gasteiger partial charge in [0.25, 0.3) is 0 Å². The lowest BCUT2D eigenvalue weighted by atomic mass is 10.1. The summed E-state index contributed by atoms with van der Waals surface area (Å²) in [5, 5.41) is 3.20. The molecule has 1 aliphatic heterocycles. The van der Waals surface area contributed by atoms with Gasteiger partial charge < -0.3 is 10.1 Å². The second-order valence-corrected chi connectivity index (χ2v) is 5.06. The van der Waals surface area contributed by atoms with Gasteiger partial charge in [0.1, 0.15) is 0 Å². The molecule has 1 N–H and O–H groups in total. The summed E-state index contributed by atoms with van der Waals surface area (Å²) in [6, 6.07) is 8.86. The van der Waals surface area contributed by atoms with Crippen molar-refractivity contribution in [2.75, 3.05) is 27.2 Å². The van der Waals surface area contributed by atoms with Crippen LogP contribution in [0, 0.1) is 0 Å². The minimum Gasteiger partial charge on any atom is -0.381 e. The number of ether oxygens (including phenoxy) is 1. The van der Waals surface area contributed by atoms with Crippen molar-refractivity contribution in [3.05, 3.63) is 35.4 Å². The van der Waals surface area contributed by atoms with E-state index in [4.69, 9.17) is 4.74 Å². The maximum atomic E-state index is 5.41. The molecule has 0 spiro atoms. The van der Waals surface area contributed by atoms with Crippen LogP contribution in [0.3, 0.4) is 0 Å². The fourth-order valence-corrected chi connectivity index (χ4v) is 2.60. The zero-order valence-electron chi connectivity index (χ0n) is 11.5. The Balaban J connectivity index is 1.87. The lowest BCUT2D eigenvalue weighted by molar-refractivity contribution is 0.0388. The number of hydrogen-bond acceptors (Lipinski definition) is 3. The number of hydrogen-bond donors (Lipinski definition) is 1. The summed E-state index contributed by atoms with van der Waals surface area (Å²) < 4.78 is 5.41. The maximum absolute atomic E-state index is 5.41. The summed E-state index contributed by atoms with van der Waals surface area (Å²) in [4.78, 5) is 2.52. The van der Waals surface area contributed by atoms with E-state index in [1.54, 1.807) is 0 Å². The van der Waals surface area contributed by atoms with E-state index in [0.29, 0.717) is 6.10 Å². The van der Waals surface area contributed by atoms with Gasteiger partial charge in [-0.1, -0.05) is 24.3 Å². The van der Waals surface area contributed by atoms with Crippen molar-refractivity contribution >= 4 is 0 Å². The van der Waals surface area contributed by atoms with Gasteiger partial charge in [-0.3, -0.25) is 4.90 Å². The van der Waals surface area contributed by atoms with Crippen molar-refractivity contribution < 1.29 is 4.74 Å². The van der Waals surface area contributed by atoms with E-state index >= 15 is 0 Å². The Morgan fingerprint density at radius 3 is 2.67 bits per heavy atom. The first-order valence-corrected chi connectivity index (χ1v) is 6.79. The minimum atomic E-state index is 0.469. The summed E-state index contributed by atoms with van der Waals surface area (Å²) in [5.41, 5.74) is 2.78. The van der Waals surface area contributed by atoms with E-state index < -0.39 is 0 Å². The fraction of sp³-hybridized carbons (Fsp3) is 0.600. The summed E-state index contributed by atoms with van der Waals surface area (Å²) >= 11 is 0. The molecule has 0 aromatic heterocycles. The third kappa shape index (κ3) is 3.80. The second kappa shape index (κ2) is 6.88. The number of nitrogens with one attached hydrogen (secondary N) is 1. The first kappa shape index (κ1) is 13.5. The summed E-state index contributed by atoms with van der Waals surface area (Å²) in [6.45, 7) is 4.30. The molecule has 0 atom stereocenters. The van der Waals surface area contributed by atoms with Crippen molar-refractivity contribution in [3.63, 3.8) is 0 Å². The van der Waals surface area contributed by atoms with Gasteiger partial charge in [0.15, 0.2) is 0 Å². The SMILES string of the molecule is CNCc1cccc(CN2CCC(OC)CC2)c1. The Bertz CT molecular complexity index is 359. The molecule has 18 heavy (non-hydrogen) atoms. The van der Waals surface area contributed by atoms with Gasteiger partial charge in [-0.05, 0) is 31.0 Å². The number of nitrogens with zero attached hydrogens (tertiary/aromatic N) is 1. The average molecular weight is 248 g/mol. The fourth-order valence-electron chi connectivity index (χ4n) is 2.60. The minimum absolute atomic E-state index is 0.469. The molecule has 0 amide bonds. The molecule has 1 fully saturated rings. The van der Waals surface area contributed by atoms with Crippen LogP contribution >= 0.6 is 0 Å². The Hall–Kier alpha value is -0.900. The van der Waals surface area contributed by atoms with E-state index in [1.807, 2.05) is 14.2 Å². The smallest absolute Gasteiger partial charge is 0.0595 e. The molecule has 100 valence electrons. The zero-order chi connectivity index (χ0) is 12.8. The van der Waals surface area contributed by atoms with E-state index in [9.17, 15) is 0 Å². The molecule has 0 bridgehead atoms. The normalized spacial score (nSPS) is 18.1. The van der Waals surface area contributed by atoms with Crippen molar-refractivity contribution in [2.24, 2.45) is 0 Å². The molecule has 2 rings (SSSR count). The molecular formula is C15H24N2O. The number of methoxy groups -OCH3 is 1. The Labute approximate surface area is 110 Å². The number of rotatable bonds is 5. The third-order valence-electron chi connectivity index (χ3n) is 3.65. The molecule has 1 aromatic rings. The van der Waals surface area contributed by atoms with Gasteiger partial charge >= 0.3 is 0 Å². The van der Waals surface area contributed by atoms with Crippen molar-refractivity contribution in [3.8, 4) is 0 Å². The molecule has 0 unspecified atom stereocenters. The summed E-state index contributed by atoms with van der Waals surface area (Å²) in [6.07, 6.45) is 2.79. The molecule has 1 saturated heterocycles. The highest BCUT2D eigenvalue weighted by molar-refractivity contribution is 5.23. The monoisotopic (exact) mass is 248 g/mol. The Morgan fingerprint density at radius 2 is 2.00 bits per heavy atom. The van der Waals surface area contributed by atoms with Crippen LogP contribution < -0.4 is 5.32 Å². The van der Waals surface area contributed by atoms with E-state index in [2.05, 4.69) is 34.5 Å². The number of piperidine rings is 1. The van der Waals surface area contributed by atoms with Gasteiger partial charge in [0, 0.05) is 33.3 Å². The molecular weight excluding hydrogens is 224 g/mol. The first-order valence-electron chi connectivity index (χ1n) is 6.79. The van der Waals surface area contributed by atoms with Crippen LogP contribution in [-0.2, 0) is 17.8 Å². The van der Waals surface area contributed by atoms with Crippen LogP contribution in [-0.4, -0.2) is 38.3 Å². The van der Waals surface area contributed by atoms with Crippen LogP contribution in [0.2, 0.25) is 0 Å². The van der Waals surface area contributed by atoms with Gasteiger partial charge in [0.05, 0.1) is 6.10 Å². The van der Waals surface area contributed by atoms with Crippen LogP contribution in [0.25, 0.3) is 0 Å². The largest absolute Gasteiger partial charge is 0.381 e.